The van der Waals surface area contributed by atoms with Gasteiger partial charge in [0.1, 0.15) is 12.1 Å². The van der Waals surface area contributed by atoms with Crippen LogP contribution in [0.15, 0.2) is 42.7 Å². The Morgan fingerprint density at radius 3 is 2.96 bits per heavy atom. The molecule has 0 saturated carbocycles. The molecule has 1 aromatic carbocycles. The fraction of sp³-hybridized carbons (Fsp3) is 0.421. The van der Waals surface area contributed by atoms with Crippen LogP contribution in [0.5, 0.6) is 5.88 Å². The van der Waals surface area contributed by atoms with E-state index in [4.69, 9.17) is 4.74 Å². The minimum absolute atomic E-state index is 0.0154. The minimum Gasteiger partial charge on any atom is -0.478 e. The van der Waals surface area contributed by atoms with Crippen LogP contribution in [0, 0.1) is 5.92 Å². The fourth-order valence-electron chi connectivity index (χ4n) is 3.10. The number of rotatable bonds is 6. The second-order valence-corrected chi connectivity index (χ2v) is 6.18. The molecule has 1 aliphatic heterocycles. The highest BCUT2D eigenvalue weighted by atomic mass is 16.5. The number of amides is 1. The van der Waals surface area contributed by atoms with Crippen molar-refractivity contribution in [1.82, 2.24) is 15.3 Å². The summed E-state index contributed by atoms with van der Waals surface area (Å²) in [4.78, 5) is 22.9. The first-order chi connectivity index (χ1) is 12.3. The number of hydrogen-bond donors (Lipinski definition) is 1. The highest BCUT2D eigenvalue weighted by Gasteiger charge is 2.22. The molecule has 3 rings (SSSR count). The van der Waals surface area contributed by atoms with Gasteiger partial charge in [-0.2, -0.15) is 0 Å². The normalized spacial score (nSPS) is 17.2. The average molecular weight is 340 g/mol. The Balaban J connectivity index is 1.56. The number of benzene rings is 1. The summed E-state index contributed by atoms with van der Waals surface area (Å²) in [5, 5.41) is 3.05. The molecule has 1 N–H and O–H groups in total. The first-order valence-corrected chi connectivity index (χ1v) is 8.79. The predicted octanol–water partition coefficient (Wildman–Crippen LogP) is 2.52. The van der Waals surface area contributed by atoms with Crippen LogP contribution >= 0.6 is 0 Å². The van der Waals surface area contributed by atoms with Gasteiger partial charge in [0.2, 0.25) is 5.88 Å². The van der Waals surface area contributed by atoms with E-state index in [1.165, 1.54) is 0 Å². The van der Waals surface area contributed by atoms with Gasteiger partial charge in [0, 0.05) is 31.3 Å². The van der Waals surface area contributed by atoms with E-state index in [0.717, 1.165) is 31.7 Å². The summed E-state index contributed by atoms with van der Waals surface area (Å²) < 4.78 is 5.46. The first kappa shape index (κ1) is 17.2. The second-order valence-electron chi connectivity index (χ2n) is 6.18. The zero-order chi connectivity index (χ0) is 17.5. The van der Waals surface area contributed by atoms with E-state index in [1.807, 2.05) is 43.3 Å². The number of anilines is 1. The quantitative estimate of drug-likeness (QED) is 0.875. The van der Waals surface area contributed by atoms with Gasteiger partial charge in [-0.15, -0.1) is 0 Å². The third-order valence-electron chi connectivity index (χ3n) is 4.35. The molecule has 1 saturated heterocycles. The maximum absolute atomic E-state index is 12.2. The molecule has 1 fully saturated rings. The predicted molar refractivity (Wildman–Crippen MR) is 96.9 cm³/mol. The Kier molecular flexibility index (Phi) is 5.82. The summed E-state index contributed by atoms with van der Waals surface area (Å²) >= 11 is 0. The molecule has 6 nitrogen and oxygen atoms in total. The minimum atomic E-state index is -0.0154. The maximum atomic E-state index is 12.2. The van der Waals surface area contributed by atoms with Crippen molar-refractivity contribution in [2.24, 2.45) is 5.92 Å². The molecule has 1 aromatic heterocycles. The second kappa shape index (κ2) is 8.46. The van der Waals surface area contributed by atoms with Gasteiger partial charge in [-0.25, -0.2) is 9.97 Å². The molecule has 25 heavy (non-hydrogen) atoms. The zero-order valence-corrected chi connectivity index (χ0v) is 14.5. The standard InChI is InChI=1S/C19H24N4O2/c1-2-25-18-11-17(21-14-22-18)23-10-6-7-15(13-23)12-20-19(24)16-8-4-3-5-9-16/h3-5,8-9,11,14-15H,2,6-7,10,12-13H2,1H3,(H,20,24). The monoisotopic (exact) mass is 340 g/mol. The van der Waals surface area contributed by atoms with Crippen molar-refractivity contribution < 1.29 is 9.53 Å². The van der Waals surface area contributed by atoms with Gasteiger partial charge >= 0.3 is 0 Å². The molecule has 1 aliphatic rings. The van der Waals surface area contributed by atoms with Crippen LogP contribution in [0.4, 0.5) is 5.82 Å². The summed E-state index contributed by atoms with van der Waals surface area (Å²) in [6.45, 7) is 5.04. The van der Waals surface area contributed by atoms with Crippen LogP contribution in [0.1, 0.15) is 30.1 Å². The van der Waals surface area contributed by atoms with Crippen LogP contribution in [0.2, 0.25) is 0 Å². The summed E-state index contributed by atoms with van der Waals surface area (Å²) in [5.41, 5.74) is 0.701. The number of nitrogens with one attached hydrogen (secondary N) is 1. The summed E-state index contributed by atoms with van der Waals surface area (Å²) in [6, 6.07) is 11.2. The van der Waals surface area contributed by atoms with Gasteiger partial charge in [0.25, 0.3) is 5.91 Å². The van der Waals surface area contributed by atoms with E-state index < -0.39 is 0 Å². The summed E-state index contributed by atoms with van der Waals surface area (Å²) in [5.74, 6) is 1.88. The fourth-order valence-corrected chi connectivity index (χ4v) is 3.10. The zero-order valence-electron chi connectivity index (χ0n) is 14.5. The molecule has 132 valence electrons. The Hall–Kier alpha value is -2.63. The lowest BCUT2D eigenvalue weighted by atomic mass is 9.98. The van der Waals surface area contributed by atoms with E-state index in [-0.39, 0.29) is 5.91 Å². The van der Waals surface area contributed by atoms with Crippen molar-refractivity contribution >= 4 is 11.7 Å². The Labute approximate surface area is 148 Å². The van der Waals surface area contributed by atoms with Crippen molar-refractivity contribution in [3.63, 3.8) is 0 Å². The van der Waals surface area contributed by atoms with Gasteiger partial charge in [0.05, 0.1) is 6.61 Å². The van der Waals surface area contributed by atoms with Crippen LogP contribution in [-0.2, 0) is 0 Å². The summed E-state index contributed by atoms with van der Waals surface area (Å²) in [7, 11) is 0. The highest BCUT2D eigenvalue weighted by Crippen LogP contribution is 2.23. The summed E-state index contributed by atoms with van der Waals surface area (Å²) in [6.07, 6.45) is 3.73. The molecule has 0 bridgehead atoms. The van der Waals surface area contributed by atoms with Crippen LogP contribution < -0.4 is 15.0 Å². The van der Waals surface area contributed by atoms with E-state index >= 15 is 0 Å². The molecule has 0 spiro atoms. The van der Waals surface area contributed by atoms with E-state index in [0.29, 0.717) is 30.5 Å². The Morgan fingerprint density at radius 2 is 2.16 bits per heavy atom. The SMILES string of the molecule is CCOc1cc(N2CCCC(CNC(=O)c3ccccc3)C2)ncn1. The number of hydrogen-bond acceptors (Lipinski definition) is 5. The van der Waals surface area contributed by atoms with Crippen molar-refractivity contribution in [2.45, 2.75) is 19.8 Å². The molecule has 0 aliphatic carbocycles. The van der Waals surface area contributed by atoms with Crippen molar-refractivity contribution in [3.8, 4) is 5.88 Å². The lowest BCUT2D eigenvalue weighted by Gasteiger charge is -2.33. The number of nitrogens with zero attached hydrogens (tertiary/aromatic N) is 3. The van der Waals surface area contributed by atoms with Crippen LogP contribution in [0.3, 0.4) is 0 Å². The van der Waals surface area contributed by atoms with Crippen molar-refractivity contribution in [3.05, 3.63) is 48.3 Å². The van der Waals surface area contributed by atoms with E-state index in [2.05, 4.69) is 20.2 Å². The number of piperidine rings is 1. The lowest BCUT2D eigenvalue weighted by Crippen LogP contribution is -2.41. The Morgan fingerprint density at radius 1 is 1.32 bits per heavy atom. The Bertz CT molecular complexity index is 693. The molecule has 2 heterocycles. The van der Waals surface area contributed by atoms with Crippen LogP contribution in [0.25, 0.3) is 0 Å². The molecule has 0 radical (unpaired) electrons. The molecular formula is C19H24N4O2. The first-order valence-electron chi connectivity index (χ1n) is 8.79. The van der Waals surface area contributed by atoms with E-state index in [9.17, 15) is 4.79 Å². The van der Waals surface area contributed by atoms with Crippen molar-refractivity contribution in [2.75, 3.05) is 31.1 Å². The molecule has 6 heteroatoms. The lowest BCUT2D eigenvalue weighted by molar-refractivity contribution is 0.0945. The van der Waals surface area contributed by atoms with Gasteiger partial charge in [-0.05, 0) is 37.8 Å². The molecule has 1 unspecified atom stereocenters. The molecule has 1 atom stereocenters. The highest BCUT2D eigenvalue weighted by molar-refractivity contribution is 5.94. The molecule has 1 amide bonds. The van der Waals surface area contributed by atoms with Gasteiger partial charge < -0.3 is 15.0 Å². The average Bonchev–Trinajstić information content (AvgIpc) is 2.67. The van der Waals surface area contributed by atoms with Gasteiger partial charge in [-0.1, -0.05) is 18.2 Å². The molecular weight excluding hydrogens is 316 g/mol. The number of carbonyl (C=O) groups is 1. The number of carbonyl (C=O) groups excluding carboxylic acids is 1. The maximum Gasteiger partial charge on any atom is 0.251 e. The third-order valence-corrected chi connectivity index (χ3v) is 4.35. The van der Waals surface area contributed by atoms with Gasteiger partial charge in [-0.3, -0.25) is 4.79 Å². The van der Waals surface area contributed by atoms with E-state index in [1.54, 1.807) is 6.33 Å². The topological polar surface area (TPSA) is 67.3 Å². The van der Waals surface area contributed by atoms with Gasteiger partial charge in [0.15, 0.2) is 0 Å². The van der Waals surface area contributed by atoms with Crippen molar-refractivity contribution in [1.29, 1.82) is 0 Å². The number of ether oxygens (including phenoxy) is 1. The molecule has 2 aromatic rings. The third kappa shape index (κ3) is 4.68. The number of aromatic nitrogens is 2. The largest absolute Gasteiger partial charge is 0.478 e. The smallest absolute Gasteiger partial charge is 0.251 e. The van der Waals surface area contributed by atoms with Crippen LogP contribution in [-0.4, -0.2) is 42.1 Å².